The van der Waals surface area contributed by atoms with Crippen molar-refractivity contribution in [3.63, 3.8) is 0 Å². The highest BCUT2D eigenvalue weighted by Crippen LogP contribution is 2.29. The highest BCUT2D eigenvalue weighted by atomic mass is 32.2. The predicted octanol–water partition coefficient (Wildman–Crippen LogP) is 4.27. The number of anilines is 2. The molecule has 174 valence electrons. The van der Waals surface area contributed by atoms with Crippen LogP contribution in [0, 0.1) is 0 Å². The van der Waals surface area contributed by atoms with Gasteiger partial charge in [-0.05, 0) is 36.4 Å². The number of carbonyl (C=O) groups excluding carboxylic acids is 2. The fourth-order valence-electron chi connectivity index (χ4n) is 3.54. The summed E-state index contributed by atoms with van der Waals surface area (Å²) in [6, 6.07) is 21.6. The summed E-state index contributed by atoms with van der Waals surface area (Å²) in [6.45, 7) is 0. The first-order chi connectivity index (χ1) is 17.1. The molecule has 2 heterocycles. The number of para-hydroxylation sites is 2. The number of ether oxygens (including phenoxy) is 1. The van der Waals surface area contributed by atoms with Gasteiger partial charge in [0.05, 0.1) is 35.3 Å². The minimum absolute atomic E-state index is 0.0805. The molecule has 0 unspecified atom stereocenters. The first kappa shape index (κ1) is 22.4. The van der Waals surface area contributed by atoms with Crippen LogP contribution < -0.4 is 15.4 Å². The fourth-order valence-corrected chi connectivity index (χ4v) is 4.31. The monoisotopic (exact) mass is 484 g/mol. The van der Waals surface area contributed by atoms with E-state index in [1.54, 1.807) is 48.8 Å². The Morgan fingerprint density at radius 3 is 2.60 bits per heavy atom. The van der Waals surface area contributed by atoms with Gasteiger partial charge in [0.25, 0.3) is 5.91 Å². The summed E-state index contributed by atoms with van der Waals surface area (Å²) >= 11 is 1.26. The maximum Gasteiger partial charge on any atom is 0.255 e. The van der Waals surface area contributed by atoms with Crippen LogP contribution in [0.1, 0.15) is 10.4 Å². The third-order valence-corrected chi connectivity index (χ3v) is 6.18. The number of methoxy groups -OCH3 is 1. The van der Waals surface area contributed by atoms with Crippen LogP contribution in [-0.4, -0.2) is 44.3 Å². The molecule has 2 aromatic heterocycles. The normalized spacial score (nSPS) is 10.9. The number of nitrogens with zero attached hydrogens (tertiary/aromatic N) is 4. The topological polar surface area (TPSA) is 111 Å². The lowest BCUT2D eigenvalue weighted by Crippen LogP contribution is -2.18. The number of carbonyl (C=O) groups is 2. The lowest BCUT2D eigenvalue weighted by Gasteiger charge is -2.14. The second kappa shape index (κ2) is 9.82. The van der Waals surface area contributed by atoms with Gasteiger partial charge < -0.3 is 15.4 Å². The van der Waals surface area contributed by atoms with E-state index in [0.717, 1.165) is 11.0 Å². The van der Waals surface area contributed by atoms with Crippen molar-refractivity contribution in [3.05, 3.63) is 84.7 Å². The van der Waals surface area contributed by atoms with Gasteiger partial charge in [-0.3, -0.25) is 14.0 Å². The summed E-state index contributed by atoms with van der Waals surface area (Å²) in [5, 5.41) is 14.5. The number of rotatable bonds is 7. The van der Waals surface area contributed by atoms with Crippen molar-refractivity contribution in [1.82, 2.24) is 19.6 Å². The number of benzene rings is 3. The average molecular weight is 485 g/mol. The second-order valence-electron chi connectivity index (χ2n) is 7.50. The van der Waals surface area contributed by atoms with Crippen LogP contribution in [0.15, 0.2) is 84.1 Å². The zero-order chi connectivity index (χ0) is 24.2. The molecule has 0 bridgehead atoms. The molecule has 0 aliphatic carbocycles. The number of hydrogen-bond donors (Lipinski definition) is 2. The van der Waals surface area contributed by atoms with Gasteiger partial charge in [0.2, 0.25) is 5.91 Å². The Bertz CT molecular complexity index is 1540. The van der Waals surface area contributed by atoms with Crippen LogP contribution in [0.4, 0.5) is 11.4 Å². The SMILES string of the molecule is COc1ccc(NC(=O)c2ccccc2)c(NC(=O)CSc2nc3ccccc3n3cnnc23)c1. The average Bonchev–Trinajstić information content (AvgIpc) is 3.39. The Morgan fingerprint density at radius 1 is 0.971 bits per heavy atom. The predicted molar refractivity (Wildman–Crippen MR) is 135 cm³/mol. The van der Waals surface area contributed by atoms with E-state index in [-0.39, 0.29) is 17.6 Å². The van der Waals surface area contributed by atoms with Crippen molar-refractivity contribution < 1.29 is 14.3 Å². The molecular formula is C25H20N6O3S. The molecule has 3 aromatic carbocycles. The molecule has 0 spiro atoms. The molecule has 0 aliphatic heterocycles. The summed E-state index contributed by atoms with van der Waals surface area (Å²) in [5.41, 5.74) is 3.65. The Hall–Kier alpha value is -4.44. The number of hydrogen-bond acceptors (Lipinski definition) is 7. The third kappa shape index (κ3) is 4.78. The van der Waals surface area contributed by atoms with Crippen LogP contribution in [0.5, 0.6) is 5.75 Å². The smallest absolute Gasteiger partial charge is 0.255 e. The molecule has 5 aromatic rings. The number of thioether (sulfide) groups is 1. The summed E-state index contributed by atoms with van der Waals surface area (Å²) in [7, 11) is 1.54. The number of fused-ring (bicyclic) bond motifs is 3. The molecule has 0 saturated carbocycles. The lowest BCUT2D eigenvalue weighted by molar-refractivity contribution is -0.113. The van der Waals surface area contributed by atoms with Crippen LogP contribution in [-0.2, 0) is 4.79 Å². The lowest BCUT2D eigenvalue weighted by atomic mass is 10.2. The van der Waals surface area contributed by atoms with Gasteiger partial charge in [0.1, 0.15) is 17.1 Å². The highest BCUT2D eigenvalue weighted by Gasteiger charge is 2.15. The van der Waals surface area contributed by atoms with Gasteiger partial charge >= 0.3 is 0 Å². The summed E-state index contributed by atoms with van der Waals surface area (Å²) in [6.07, 6.45) is 1.63. The maximum absolute atomic E-state index is 12.9. The molecule has 0 fully saturated rings. The van der Waals surface area contributed by atoms with E-state index >= 15 is 0 Å². The van der Waals surface area contributed by atoms with Crippen molar-refractivity contribution in [3.8, 4) is 5.75 Å². The molecule has 10 heteroatoms. The van der Waals surface area contributed by atoms with Crippen molar-refractivity contribution in [2.45, 2.75) is 5.03 Å². The van der Waals surface area contributed by atoms with E-state index in [2.05, 4.69) is 25.8 Å². The van der Waals surface area contributed by atoms with Crippen molar-refractivity contribution in [2.75, 3.05) is 23.5 Å². The van der Waals surface area contributed by atoms with Gasteiger partial charge in [-0.1, -0.05) is 42.1 Å². The van der Waals surface area contributed by atoms with E-state index in [4.69, 9.17) is 4.74 Å². The standard InChI is InChI=1S/C25H20N6O3S/c1-34-17-11-12-18(28-24(33)16-7-3-2-4-8-16)20(13-17)27-22(32)14-35-25-23-30-26-15-31(23)21-10-6-5-9-19(21)29-25/h2-13,15H,14H2,1H3,(H,27,32)(H,28,33). The second-order valence-corrected chi connectivity index (χ2v) is 8.46. The minimum atomic E-state index is -0.282. The molecular weight excluding hydrogens is 464 g/mol. The van der Waals surface area contributed by atoms with E-state index < -0.39 is 0 Å². The molecule has 0 aliphatic rings. The number of aromatic nitrogens is 4. The van der Waals surface area contributed by atoms with E-state index in [1.807, 2.05) is 34.7 Å². The van der Waals surface area contributed by atoms with Crippen LogP contribution >= 0.6 is 11.8 Å². The Balaban J connectivity index is 1.34. The van der Waals surface area contributed by atoms with Gasteiger partial charge in [0.15, 0.2) is 5.65 Å². The van der Waals surface area contributed by atoms with E-state index in [9.17, 15) is 9.59 Å². The quantitative estimate of drug-likeness (QED) is 0.332. The molecule has 2 amide bonds. The van der Waals surface area contributed by atoms with Gasteiger partial charge in [0, 0.05) is 11.6 Å². The van der Waals surface area contributed by atoms with Crippen molar-refractivity contribution in [1.29, 1.82) is 0 Å². The van der Waals surface area contributed by atoms with Crippen LogP contribution in [0.2, 0.25) is 0 Å². The Morgan fingerprint density at radius 2 is 1.77 bits per heavy atom. The molecule has 0 atom stereocenters. The zero-order valence-electron chi connectivity index (χ0n) is 18.6. The molecule has 9 nitrogen and oxygen atoms in total. The Labute approximate surface area is 204 Å². The van der Waals surface area contributed by atoms with E-state index in [1.165, 1.54) is 18.9 Å². The van der Waals surface area contributed by atoms with Gasteiger partial charge in [-0.15, -0.1) is 10.2 Å². The largest absolute Gasteiger partial charge is 0.497 e. The fraction of sp³-hybridized carbons (Fsp3) is 0.0800. The third-order valence-electron chi connectivity index (χ3n) is 5.23. The number of amides is 2. The first-order valence-electron chi connectivity index (χ1n) is 10.7. The molecule has 35 heavy (non-hydrogen) atoms. The van der Waals surface area contributed by atoms with E-state index in [0.29, 0.717) is 33.4 Å². The summed E-state index contributed by atoms with van der Waals surface area (Å²) in [4.78, 5) is 30.2. The molecule has 0 saturated heterocycles. The van der Waals surface area contributed by atoms with Gasteiger partial charge in [-0.2, -0.15) is 0 Å². The maximum atomic E-state index is 12.9. The van der Waals surface area contributed by atoms with Gasteiger partial charge in [-0.25, -0.2) is 4.98 Å². The summed E-state index contributed by atoms with van der Waals surface area (Å²) < 4.78 is 7.14. The molecule has 5 rings (SSSR count). The Kier molecular flexibility index (Phi) is 6.27. The van der Waals surface area contributed by atoms with Crippen molar-refractivity contribution in [2.24, 2.45) is 0 Å². The van der Waals surface area contributed by atoms with Crippen LogP contribution in [0.3, 0.4) is 0 Å². The molecule has 2 N–H and O–H groups in total. The zero-order valence-corrected chi connectivity index (χ0v) is 19.5. The summed E-state index contributed by atoms with van der Waals surface area (Å²) in [5.74, 6) is 0.0743. The minimum Gasteiger partial charge on any atom is -0.497 e. The highest BCUT2D eigenvalue weighted by molar-refractivity contribution is 8.00. The first-order valence-corrected chi connectivity index (χ1v) is 11.7. The molecule has 0 radical (unpaired) electrons. The van der Waals surface area contributed by atoms with Crippen molar-refractivity contribution >= 4 is 51.6 Å². The number of nitrogens with one attached hydrogen (secondary N) is 2. The van der Waals surface area contributed by atoms with Crippen LogP contribution in [0.25, 0.3) is 16.7 Å².